The zero-order chi connectivity index (χ0) is 27.8. The summed E-state index contributed by atoms with van der Waals surface area (Å²) in [5.74, 6) is 0. The lowest BCUT2D eigenvalue weighted by Crippen LogP contribution is -2.36. The number of nitrogens with one attached hydrogen (secondary N) is 1. The second kappa shape index (κ2) is 10.5. The van der Waals surface area contributed by atoms with E-state index in [0.29, 0.717) is 11.1 Å². The van der Waals surface area contributed by atoms with Crippen LogP contribution in [0.4, 0.5) is 0 Å². The quantitative estimate of drug-likeness (QED) is 0.279. The fraction of sp³-hybridized carbons (Fsp3) is 0.176. The van der Waals surface area contributed by atoms with Crippen molar-refractivity contribution < 1.29 is 0 Å². The molecule has 0 aliphatic carbocycles. The lowest BCUT2D eigenvalue weighted by Gasteiger charge is -2.32. The van der Waals surface area contributed by atoms with Gasteiger partial charge in [-0.25, -0.2) is 14.8 Å². The van der Waals surface area contributed by atoms with Gasteiger partial charge in [-0.15, -0.1) is 0 Å². The van der Waals surface area contributed by atoms with Crippen LogP contribution in [0.1, 0.15) is 30.0 Å². The van der Waals surface area contributed by atoms with Crippen molar-refractivity contribution in [2.45, 2.75) is 25.4 Å². The van der Waals surface area contributed by atoms with E-state index in [4.69, 9.17) is 9.97 Å². The number of aromatic amines is 1. The average molecular weight is 537 g/mol. The number of hydrogen-bond donors (Lipinski definition) is 1. The first-order valence-electron chi connectivity index (χ1n) is 13.9. The van der Waals surface area contributed by atoms with E-state index >= 15 is 0 Å². The fourth-order valence-corrected chi connectivity index (χ4v) is 5.92. The molecular formula is C34H28N6O. The number of H-pyrrole nitrogens is 1. The van der Waals surface area contributed by atoms with E-state index in [2.05, 4.69) is 40.2 Å². The topological polar surface area (TPSA) is 90.6 Å². The Balaban J connectivity index is 1.11. The fourth-order valence-electron chi connectivity index (χ4n) is 5.92. The van der Waals surface area contributed by atoms with Gasteiger partial charge in [0, 0.05) is 36.8 Å². The molecule has 1 aliphatic heterocycles. The standard InChI is InChI=1S/C34H28N6O/c35-21-24-12-15-28-30(20-24)37-33(32(36-28)25-6-2-1-3-7-25)26-13-10-23(11-14-26)22-39-18-16-27(17-19-39)40-31-9-5-4-8-29(31)38-34(40)41/h1-15,20,27H,16-19,22H2,(H,38,41). The lowest BCUT2D eigenvalue weighted by atomic mass is 10.0. The summed E-state index contributed by atoms with van der Waals surface area (Å²) in [6.07, 6.45) is 1.88. The number of benzene rings is 4. The molecular weight excluding hydrogens is 508 g/mol. The highest BCUT2D eigenvalue weighted by Crippen LogP contribution is 2.32. The van der Waals surface area contributed by atoms with Crippen molar-refractivity contribution in [2.24, 2.45) is 0 Å². The molecule has 1 saturated heterocycles. The summed E-state index contributed by atoms with van der Waals surface area (Å²) < 4.78 is 1.94. The molecule has 0 radical (unpaired) electrons. The van der Waals surface area contributed by atoms with Crippen LogP contribution in [0.25, 0.3) is 44.6 Å². The molecule has 3 heterocycles. The van der Waals surface area contributed by atoms with Crippen LogP contribution in [-0.2, 0) is 6.54 Å². The zero-order valence-electron chi connectivity index (χ0n) is 22.5. The van der Waals surface area contributed by atoms with Crippen LogP contribution < -0.4 is 5.69 Å². The third-order valence-corrected chi connectivity index (χ3v) is 8.02. The first-order valence-corrected chi connectivity index (χ1v) is 13.9. The third kappa shape index (κ3) is 4.79. The van der Waals surface area contributed by atoms with Crippen molar-refractivity contribution in [1.29, 1.82) is 5.26 Å². The molecule has 2 aromatic heterocycles. The van der Waals surface area contributed by atoms with E-state index in [1.54, 1.807) is 12.1 Å². The Morgan fingerprint density at radius 2 is 1.49 bits per heavy atom. The Hall–Kier alpha value is -5.06. The van der Waals surface area contributed by atoms with Gasteiger partial charge in [-0.05, 0) is 48.7 Å². The monoisotopic (exact) mass is 536 g/mol. The Kier molecular flexibility index (Phi) is 6.38. The van der Waals surface area contributed by atoms with Gasteiger partial charge in [0.25, 0.3) is 0 Å². The number of nitriles is 1. The summed E-state index contributed by atoms with van der Waals surface area (Å²) in [5, 5.41) is 9.38. The second-order valence-corrected chi connectivity index (χ2v) is 10.6. The smallest absolute Gasteiger partial charge is 0.306 e. The van der Waals surface area contributed by atoms with Crippen LogP contribution in [0.3, 0.4) is 0 Å². The molecule has 4 aromatic carbocycles. The van der Waals surface area contributed by atoms with Gasteiger partial charge in [-0.3, -0.25) is 9.47 Å². The Morgan fingerprint density at radius 1 is 0.805 bits per heavy atom. The molecule has 7 heteroatoms. The molecule has 1 N–H and O–H groups in total. The Labute approximate surface area is 237 Å². The highest BCUT2D eigenvalue weighted by molar-refractivity contribution is 5.86. The van der Waals surface area contributed by atoms with Gasteiger partial charge in [-0.2, -0.15) is 5.26 Å². The van der Waals surface area contributed by atoms with Crippen molar-refractivity contribution in [2.75, 3.05) is 13.1 Å². The summed E-state index contributed by atoms with van der Waals surface area (Å²) in [7, 11) is 0. The molecule has 200 valence electrons. The van der Waals surface area contributed by atoms with Crippen LogP contribution in [0.15, 0.2) is 102 Å². The van der Waals surface area contributed by atoms with Gasteiger partial charge in [0.1, 0.15) is 0 Å². The van der Waals surface area contributed by atoms with E-state index in [-0.39, 0.29) is 11.7 Å². The SMILES string of the molecule is N#Cc1ccc2nc(-c3ccccc3)c(-c3ccc(CN4CCC(n5c(=O)[nH]c6ccccc65)CC4)cc3)nc2c1. The molecule has 6 aromatic rings. The minimum Gasteiger partial charge on any atom is -0.306 e. The number of piperidine rings is 1. The van der Waals surface area contributed by atoms with Gasteiger partial charge in [0.05, 0.1) is 45.1 Å². The molecule has 7 nitrogen and oxygen atoms in total. The van der Waals surface area contributed by atoms with Gasteiger partial charge in [0.2, 0.25) is 0 Å². The van der Waals surface area contributed by atoms with Crippen LogP contribution in [0.5, 0.6) is 0 Å². The number of hydrogen-bond acceptors (Lipinski definition) is 5. The molecule has 0 bridgehead atoms. The maximum Gasteiger partial charge on any atom is 0.326 e. The normalized spacial score (nSPS) is 14.4. The van der Waals surface area contributed by atoms with Crippen LogP contribution in [0.2, 0.25) is 0 Å². The van der Waals surface area contributed by atoms with Crippen LogP contribution in [0, 0.1) is 11.3 Å². The molecule has 1 aliphatic rings. The lowest BCUT2D eigenvalue weighted by molar-refractivity contribution is 0.180. The van der Waals surface area contributed by atoms with E-state index < -0.39 is 0 Å². The molecule has 0 spiro atoms. The molecule has 41 heavy (non-hydrogen) atoms. The largest absolute Gasteiger partial charge is 0.326 e. The Bertz CT molecular complexity index is 1960. The highest BCUT2D eigenvalue weighted by atomic mass is 16.1. The number of para-hydroxylation sites is 2. The summed E-state index contributed by atoms with van der Waals surface area (Å²) in [6, 6.07) is 34.4. The van der Waals surface area contributed by atoms with E-state index in [9.17, 15) is 10.1 Å². The number of nitrogens with zero attached hydrogens (tertiary/aromatic N) is 5. The molecule has 0 atom stereocenters. The summed E-state index contributed by atoms with van der Waals surface area (Å²) in [4.78, 5) is 28.0. The second-order valence-electron chi connectivity index (χ2n) is 10.6. The number of aromatic nitrogens is 4. The van der Waals surface area contributed by atoms with Crippen molar-refractivity contribution in [3.05, 3.63) is 119 Å². The third-order valence-electron chi connectivity index (χ3n) is 8.02. The molecule has 0 amide bonds. The van der Waals surface area contributed by atoms with E-state index in [0.717, 1.165) is 71.5 Å². The predicted octanol–water partition coefficient (Wildman–Crippen LogP) is 6.32. The highest BCUT2D eigenvalue weighted by Gasteiger charge is 2.23. The minimum atomic E-state index is -0.0178. The van der Waals surface area contributed by atoms with Crippen LogP contribution in [-0.4, -0.2) is 37.5 Å². The van der Waals surface area contributed by atoms with Crippen molar-refractivity contribution in [1.82, 2.24) is 24.4 Å². The molecule has 0 unspecified atom stereocenters. The van der Waals surface area contributed by atoms with Crippen molar-refractivity contribution >= 4 is 22.1 Å². The maximum absolute atomic E-state index is 12.6. The number of rotatable bonds is 5. The predicted molar refractivity (Wildman–Crippen MR) is 161 cm³/mol. The van der Waals surface area contributed by atoms with Crippen LogP contribution >= 0.6 is 0 Å². The molecule has 1 fully saturated rings. The number of imidazole rings is 1. The van der Waals surface area contributed by atoms with Gasteiger partial charge in [0.15, 0.2) is 0 Å². The van der Waals surface area contributed by atoms with E-state index in [1.807, 2.05) is 65.2 Å². The summed E-state index contributed by atoms with van der Waals surface area (Å²) >= 11 is 0. The van der Waals surface area contributed by atoms with E-state index in [1.165, 1.54) is 5.56 Å². The number of likely N-dealkylation sites (tertiary alicyclic amines) is 1. The average Bonchev–Trinajstić information content (AvgIpc) is 3.37. The van der Waals surface area contributed by atoms with Gasteiger partial charge >= 0.3 is 5.69 Å². The summed E-state index contributed by atoms with van der Waals surface area (Å²) in [5.41, 5.74) is 8.76. The first kappa shape index (κ1) is 24.9. The van der Waals surface area contributed by atoms with Gasteiger partial charge in [-0.1, -0.05) is 66.7 Å². The Morgan fingerprint density at radius 3 is 2.24 bits per heavy atom. The van der Waals surface area contributed by atoms with Crippen molar-refractivity contribution in [3.63, 3.8) is 0 Å². The maximum atomic E-state index is 12.6. The summed E-state index contributed by atoms with van der Waals surface area (Å²) in [6.45, 7) is 2.73. The first-order chi connectivity index (χ1) is 20.2. The zero-order valence-corrected chi connectivity index (χ0v) is 22.5. The van der Waals surface area contributed by atoms with Gasteiger partial charge < -0.3 is 4.98 Å². The number of fused-ring (bicyclic) bond motifs is 2. The minimum absolute atomic E-state index is 0.0178. The molecule has 0 saturated carbocycles. The van der Waals surface area contributed by atoms with Crippen molar-refractivity contribution in [3.8, 4) is 28.6 Å². The molecule has 7 rings (SSSR count).